The fraction of sp³-hybridized carbons (Fsp3) is 0.545. The number of ether oxygens (including phenoxy) is 2. The van der Waals surface area contributed by atoms with Crippen molar-refractivity contribution >= 4 is 33.4 Å². The van der Waals surface area contributed by atoms with Crippen molar-refractivity contribution < 1.29 is 19.1 Å². The van der Waals surface area contributed by atoms with Gasteiger partial charge in [0.25, 0.3) is 0 Å². The van der Waals surface area contributed by atoms with Crippen LogP contribution in [0, 0.1) is 5.92 Å². The second-order valence-corrected chi connectivity index (χ2v) is 8.97. The number of piperidine rings is 1. The van der Waals surface area contributed by atoms with Crippen LogP contribution in [0.2, 0.25) is 0 Å². The number of nitrogens with one attached hydrogen (secondary N) is 1. The van der Waals surface area contributed by atoms with Crippen LogP contribution < -0.4 is 24.6 Å². The van der Waals surface area contributed by atoms with Crippen LogP contribution in [-0.2, 0) is 16.0 Å². The number of aromatic nitrogens is 2. The number of rotatable bonds is 8. The van der Waals surface area contributed by atoms with Gasteiger partial charge in [0, 0.05) is 32.6 Å². The van der Waals surface area contributed by atoms with Crippen molar-refractivity contribution in [2.45, 2.75) is 32.1 Å². The summed E-state index contributed by atoms with van der Waals surface area (Å²) in [5.41, 5.74) is 1.08. The van der Waals surface area contributed by atoms with Gasteiger partial charge in [0.2, 0.25) is 22.1 Å². The third-order valence-electron chi connectivity index (χ3n) is 5.93. The summed E-state index contributed by atoms with van der Waals surface area (Å²) in [4.78, 5) is 28.6. The summed E-state index contributed by atoms with van der Waals surface area (Å²) in [7, 11) is 3.22. The van der Waals surface area contributed by atoms with Gasteiger partial charge in [0.1, 0.15) is 0 Å². The van der Waals surface area contributed by atoms with Gasteiger partial charge in [-0.15, -0.1) is 10.2 Å². The largest absolute Gasteiger partial charge is 0.493 e. The van der Waals surface area contributed by atoms with Crippen LogP contribution in [0.25, 0.3) is 0 Å². The van der Waals surface area contributed by atoms with Crippen LogP contribution >= 0.6 is 11.3 Å². The minimum Gasteiger partial charge on any atom is -0.493 e. The van der Waals surface area contributed by atoms with Gasteiger partial charge in [0.05, 0.1) is 20.1 Å². The van der Waals surface area contributed by atoms with Crippen LogP contribution in [0.4, 0.5) is 10.3 Å². The van der Waals surface area contributed by atoms with E-state index in [0.29, 0.717) is 49.1 Å². The van der Waals surface area contributed by atoms with Crippen molar-refractivity contribution in [2.24, 2.45) is 5.92 Å². The molecule has 1 aromatic carbocycles. The summed E-state index contributed by atoms with van der Waals surface area (Å²) in [6, 6.07) is 5.79. The molecule has 0 spiro atoms. The smallest absolute Gasteiger partial charge is 0.228 e. The maximum atomic E-state index is 12.8. The summed E-state index contributed by atoms with van der Waals surface area (Å²) in [5, 5.41) is 13.0. The summed E-state index contributed by atoms with van der Waals surface area (Å²) < 4.78 is 10.6. The molecule has 32 heavy (non-hydrogen) atoms. The predicted octanol–water partition coefficient (Wildman–Crippen LogP) is 2.26. The Morgan fingerprint density at radius 2 is 1.97 bits per heavy atom. The van der Waals surface area contributed by atoms with Crippen molar-refractivity contribution in [3.63, 3.8) is 0 Å². The van der Waals surface area contributed by atoms with E-state index in [4.69, 9.17) is 9.47 Å². The van der Waals surface area contributed by atoms with E-state index in [1.165, 1.54) is 11.3 Å². The van der Waals surface area contributed by atoms with Crippen molar-refractivity contribution in [3.05, 3.63) is 23.8 Å². The van der Waals surface area contributed by atoms with Gasteiger partial charge in [-0.2, -0.15) is 0 Å². The number of anilines is 2. The van der Waals surface area contributed by atoms with Crippen LogP contribution in [-0.4, -0.2) is 62.4 Å². The first-order chi connectivity index (χ1) is 15.6. The van der Waals surface area contributed by atoms with Gasteiger partial charge in [-0.1, -0.05) is 17.4 Å². The fourth-order valence-electron chi connectivity index (χ4n) is 4.17. The van der Waals surface area contributed by atoms with E-state index in [0.717, 1.165) is 36.5 Å². The lowest BCUT2D eigenvalue weighted by atomic mass is 9.97. The minimum absolute atomic E-state index is 0.0645. The summed E-state index contributed by atoms with van der Waals surface area (Å²) in [6.07, 6.45) is 3.93. The molecule has 0 aliphatic carbocycles. The fourth-order valence-corrected chi connectivity index (χ4v) is 5.10. The number of carbonyl (C=O) groups is 2. The number of nitrogens with zero attached hydrogens (tertiary/aromatic N) is 4. The highest BCUT2D eigenvalue weighted by Gasteiger charge is 2.30. The molecular formula is C22H29N5O4S. The van der Waals surface area contributed by atoms with Gasteiger partial charge in [-0.3, -0.25) is 14.5 Å². The van der Waals surface area contributed by atoms with E-state index < -0.39 is 0 Å². The Bertz CT molecular complexity index is 966. The normalized spacial score (nSPS) is 18.7. The SMILES string of the molecule is COc1ccc(CCNC(=O)C2CCCN(c3nnc(N4CCCC4=O)s3)C2)cc1OC. The zero-order chi connectivity index (χ0) is 22.5. The zero-order valence-electron chi connectivity index (χ0n) is 18.5. The number of hydrogen-bond acceptors (Lipinski definition) is 8. The number of methoxy groups -OCH3 is 2. The third-order valence-corrected chi connectivity index (χ3v) is 6.94. The van der Waals surface area contributed by atoms with Crippen molar-refractivity contribution in [3.8, 4) is 11.5 Å². The molecule has 0 bridgehead atoms. The summed E-state index contributed by atoms with van der Waals surface area (Å²) >= 11 is 1.43. The second-order valence-electron chi connectivity index (χ2n) is 8.03. The molecule has 4 rings (SSSR count). The molecule has 1 aromatic heterocycles. The molecule has 9 nitrogen and oxygen atoms in total. The van der Waals surface area contributed by atoms with E-state index in [2.05, 4.69) is 20.4 Å². The summed E-state index contributed by atoms with van der Waals surface area (Å²) in [6.45, 7) is 2.73. The van der Waals surface area contributed by atoms with E-state index in [1.54, 1.807) is 19.1 Å². The van der Waals surface area contributed by atoms with Crippen LogP contribution in [0.3, 0.4) is 0 Å². The van der Waals surface area contributed by atoms with Crippen LogP contribution in [0.5, 0.6) is 11.5 Å². The Hall–Kier alpha value is -2.88. The third kappa shape index (κ3) is 4.95. The molecular weight excluding hydrogens is 430 g/mol. The maximum absolute atomic E-state index is 12.8. The van der Waals surface area contributed by atoms with E-state index in [-0.39, 0.29) is 17.7 Å². The van der Waals surface area contributed by atoms with Gasteiger partial charge >= 0.3 is 0 Å². The number of carbonyl (C=O) groups excluding carboxylic acids is 2. The summed E-state index contributed by atoms with van der Waals surface area (Å²) in [5.74, 6) is 1.46. The highest BCUT2D eigenvalue weighted by Crippen LogP contribution is 2.32. The molecule has 10 heteroatoms. The maximum Gasteiger partial charge on any atom is 0.228 e. The topological polar surface area (TPSA) is 96.9 Å². The average Bonchev–Trinajstić information content (AvgIpc) is 3.48. The molecule has 2 aliphatic heterocycles. The Labute approximate surface area is 191 Å². The lowest BCUT2D eigenvalue weighted by Crippen LogP contribution is -2.43. The average molecular weight is 460 g/mol. The molecule has 1 N–H and O–H groups in total. The molecule has 2 aliphatic rings. The molecule has 2 saturated heterocycles. The molecule has 2 amide bonds. The number of benzene rings is 1. The molecule has 2 fully saturated rings. The van der Waals surface area contributed by atoms with Crippen LogP contribution in [0.1, 0.15) is 31.2 Å². The lowest BCUT2D eigenvalue weighted by molar-refractivity contribution is -0.125. The molecule has 0 saturated carbocycles. The minimum atomic E-state index is -0.0880. The molecule has 172 valence electrons. The molecule has 1 unspecified atom stereocenters. The number of hydrogen-bond donors (Lipinski definition) is 1. The van der Waals surface area contributed by atoms with Gasteiger partial charge in [-0.05, 0) is 43.4 Å². The van der Waals surface area contributed by atoms with E-state index >= 15 is 0 Å². The number of amides is 2. The predicted molar refractivity (Wildman–Crippen MR) is 123 cm³/mol. The first-order valence-corrected chi connectivity index (χ1v) is 11.8. The highest BCUT2D eigenvalue weighted by molar-refractivity contribution is 7.19. The Kier molecular flexibility index (Phi) is 7.09. The first-order valence-electron chi connectivity index (χ1n) is 11.0. The second kappa shape index (κ2) is 10.2. The van der Waals surface area contributed by atoms with Crippen molar-refractivity contribution in [2.75, 3.05) is 50.2 Å². The molecule has 3 heterocycles. The Balaban J connectivity index is 1.29. The molecule has 0 radical (unpaired) electrons. The van der Waals surface area contributed by atoms with Crippen molar-refractivity contribution in [1.82, 2.24) is 15.5 Å². The zero-order valence-corrected chi connectivity index (χ0v) is 19.3. The quantitative estimate of drug-likeness (QED) is 0.647. The highest BCUT2D eigenvalue weighted by atomic mass is 32.1. The molecule has 1 atom stereocenters. The molecule has 2 aromatic rings. The van der Waals surface area contributed by atoms with Crippen LogP contribution in [0.15, 0.2) is 18.2 Å². The first kappa shape index (κ1) is 22.3. The van der Waals surface area contributed by atoms with Gasteiger partial charge in [-0.25, -0.2) is 0 Å². The lowest BCUT2D eigenvalue weighted by Gasteiger charge is -2.31. The van der Waals surface area contributed by atoms with E-state index in [1.807, 2.05) is 18.2 Å². The Morgan fingerprint density at radius 1 is 1.16 bits per heavy atom. The van der Waals surface area contributed by atoms with Gasteiger partial charge < -0.3 is 19.7 Å². The Morgan fingerprint density at radius 3 is 2.72 bits per heavy atom. The van der Waals surface area contributed by atoms with Crippen molar-refractivity contribution in [1.29, 1.82) is 0 Å². The van der Waals surface area contributed by atoms with Gasteiger partial charge in [0.15, 0.2) is 11.5 Å². The van der Waals surface area contributed by atoms with E-state index in [9.17, 15) is 9.59 Å². The monoisotopic (exact) mass is 459 g/mol. The standard InChI is InChI=1S/C22H29N5O4S/c1-30-17-8-7-15(13-18(17)31-2)9-10-23-20(29)16-5-3-11-26(14-16)21-24-25-22(32-21)27-12-4-6-19(27)28/h7-8,13,16H,3-6,9-12,14H2,1-2H3,(H,23,29).